The van der Waals surface area contributed by atoms with Gasteiger partial charge in [-0.15, -0.1) is 21.5 Å². The summed E-state index contributed by atoms with van der Waals surface area (Å²) in [6, 6.07) is 11.7. The number of anilines is 1. The highest BCUT2D eigenvalue weighted by Gasteiger charge is 2.20. The van der Waals surface area contributed by atoms with E-state index in [-0.39, 0.29) is 24.0 Å². The summed E-state index contributed by atoms with van der Waals surface area (Å²) in [5, 5.41) is 11.1. The molecule has 0 bridgehead atoms. The standard InChI is InChI=1S/C20H23N5O2S2/c1-3-24(15-8-5-4-7-14(15)2)18(27)13-29-20-23-22-19(16-9-6-12-28-16)25(20)11-10-17(21)26/h4-9,12H,3,10-11,13H2,1-2H3,(H2,21,26). The number of para-hydroxylation sites is 1. The molecule has 7 nitrogen and oxygen atoms in total. The molecule has 0 aliphatic carbocycles. The molecule has 0 aliphatic rings. The summed E-state index contributed by atoms with van der Waals surface area (Å²) in [6.07, 6.45) is 0.183. The number of primary amides is 1. The lowest BCUT2D eigenvalue weighted by molar-refractivity contribution is -0.118. The molecule has 0 saturated heterocycles. The predicted molar refractivity (Wildman–Crippen MR) is 117 cm³/mol. The minimum absolute atomic E-state index is 0.00563. The second kappa shape index (κ2) is 9.71. The van der Waals surface area contributed by atoms with Gasteiger partial charge in [-0.2, -0.15) is 0 Å². The van der Waals surface area contributed by atoms with Gasteiger partial charge in [0.2, 0.25) is 11.8 Å². The fraction of sp³-hybridized carbons (Fsp3) is 0.300. The van der Waals surface area contributed by atoms with Crippen molar-refractivity contribution in [3.63, 3.8) is 0 Å². The average molecular weight is 430 g/mol. The minimum atomic E-state index is -0.389. The fourth-order valence-electron chi connectivity index (χ4n) is 2.96. The quantitative estimate of drug-likeness (QED) is 0.527. The van der Waals surface area contributed by atoms with Crippen LogP contribution in [-0.2, 0) is 16.1 Å². The number of aryl methyl sites for hydroxylation is 1. The lowest BCUT2D eigenvalue weighted by atomic mass is 10.2. The van der Waals surface area contributed by atoms with Crippen molar-refractivity contribution in [3.05, 3.63) is 47.3 Å². The zero-order valence-corrected chi connectivity index (χ0v) is 18.0. The number of nitrogens with zero attached hydrogens (tertiary/aromatic N) is 4. The van der Waals surface area contributed by atoms with E-state index in [9.17, 15) is 9.59 Å². The number of carbonyl (C=O) groups excluding carboxylic acids is 2. The van der Waals surface area contributed by atoms with E-state index in [2.05, 4.69) is 10.2 Å². The lowest BCUT2D eigenvalue weighted by Gasteiger charge is -2.22. The largest absolute Gasteiger partial charge is 0.370 e. The molecule has 29 heavy (non-hydrogen) atoms. The lowest BCUT2D eigenvalue weighted by Crippen LogP contribution is -2.32. The highest BCUT2D eigenvalue weighted by Crippen LogP contribution is 2.28. The van der Waals surface area contributed by atoms with Gasteiger partial charge in [0.15, 0.2) is 11.0 Å². The minimum Gasteiger partial charge on any atom is -0.370 e. The van der Waals surface area contributed by atoms with Gasteiger partial charge < -0.3 is 15.2 Å². The van der Waals surface area contributed by atoms with E-state index in [4.69, 9.17) is 5.73 Å². The first-order chi connectivity index (χ1) is 14.0. The summed E-state index contributed by atoms with van der Waals surface area (Å²) in [5.74, 6) is 0.511. The van der Waals surface area contributed by atoms with Crippen molar-refractivity contribution >= 4 is 40.6 Å². The Kier molecular flexibility index (Phi) is 7.05. The first kappa shape index (κ1) is 21.1. The SMILES string of the molecule is CCN(C(=O)CSc1nnc(-c2cccs2)n1CCC(N)=O)c1ccccc1C. The molecule has 1 aromatic carbocycles. The van der Waals surface area contributed by atoms with Crippen LogP contribution in [0.1, 0.15) is 18.9 Å². The van der Waals surface area contributed by atoms with Crippen molar-refractivity contribution in [1.82, 2.24) is 14.8 Å². The molecule has 9 heteroatoms. The Bertz CT molecular complexity index is 985. The number of amides is 2. The van der Waals surface area contributed by atoms with E-state index >= 15 is 0 Å². The van der Waals surface area contributed by atoms with E-state index in [0.29, 0.717) is 24.1 Å². The van der Waals surface area contributed by atoms with Gasteiger partial charge in [0.1, 0.15) is 0 Å². The molecule has 0 unspecified atom stereocenters. The van der Waals surface area contributed by atoms with Gasteiger partial charge in [-0.25, -0.2) is 0 Å². The summed E-state index contributed by atoms with van der Waals surface area (Å²) < 4.78 is 1.86. The Morgan fingerprint density at radius 1 is 1.21 bits per heavy atom. The van der Waals surface area contributed by atoms with Crippen LogP contribution in [-0.4, -0.2) is 38.9 Å². The molecule has 2 amide bonds. The molecule has 0 aliphatic heterocycles. The van der Waals surface area contributed by atoms with E-state index in [1.807, 2.05) is 60.2 Å². The average Bonchev–Trinajstić information content (AvgIpc) is 3.36. The van der Waals surface area contributed by atoms with Crippen LogP contribution < -0.4 is 10.6 Å². The van der Waals surface area contributed by atoms with E-state index in [1.165, 1.54) is 11.8 Å². The number of thioether (sulfide) groups is 1. The van der Waals surface area contributed by atoms with E-state index in [1.54, 1.807) is 16.2 Å². The van der Waals surface area contributed by atoms with E-state index < -0.39 is 0 Å². The van der Waals surface area contributed by atoms with Gasteiger partial charge in [0, 0.05) is 25.2 Å². The molecule has 0 radical (unpaired) electrons. The molecule has 152 valence electrons. The molecule has 2 aromatic heterocycles. The molecule has 2 heterocycles. The second-order valence-electron chi connectivity index (χ2n) is 6.36. The number of rotatable bonds is 9. The van der Waals surface area contributed by atoms with Crippen LogP contribution in [0.4, 0.5) is 5.69 Å². The van der Waals surface area contributed by atoms with Gasteiger partial charge in [-0.1, -0.05) is 36.0 Å². The molecule has 0 spiro atoms. The van der Waals surface area contributed by atoms with Crippen molar-refractivity contribution < 1.29 is 9.59 Å². The maximum atomic E-state index is 12.9. The number of carbonyl (C=O) groups is 2. The molecular formula is C20H23N5O2S2. The number of thiophene rings is 1. The maximum Gasteiger partial charge on any atom is 0.237 e. The summed E-state index contributed by atoms with van der Waals surface area (Å²) in [5.41, 5.74) is 7.29. The zero-order valence-electron chi connectivity index (χ0n) is 16.4. The molecule has 0 fully saturated rings. The van der Waals surface area contributed by atoms with Crippen molar-refractivity contribution in [2.24, 2.45) is 5.73 Å². The Morgan fingerprint density at radius 3 is 2.66 bits per heavy atom. The van der Waals surface area contributed by atoms with Crippen LogP contribution >= 0.6 is 23.1 Å². The highest BCUT2D eigenvalue weighted by molar-refractivity contribution is 7.99. The summed E-state index contributed by atoms with van der Waals surface area (Å²) >= 11 is 2.87. The van der Waals surface area contributed by atoms with Crippen LogP contribution in [0.15, 0.2) is 46.9 Å². The Hall–Kier alpha value is -2.65. The third-order valence-electron chi connectivity index (χ3n) is 4.39. The second-order valence-corrected chi connectivity index (χ2v) is 8.25. The molecule has 3 aromatic rings. The normalized spacial score (nSPS) is 10.8. The summed E-state index contributed by atoms with van der Waals surface area (Å²) in [7, 11) is 0. The van der Waals surface area contributed by atoms with Crippen molar-refractivity contribution in [1.29, 1.82) is 0 Å². The van der Waals surface area contributed by atoms with Crippen LogP contribution in [0.2, 0.25) is 0 Å². The number of hydrogen-bond donors (Lipinski definition) is 1. The van der Waals surface area contributed by atoms with Crippen molar-refractivity contribution in [2.45, 2.75) is 32.0 Å². The Labute approximate surface area is 177 Å². The van der Waals surface area contributed by atoms with Crippen LogP contribution in [0.3, 0.4) is 0 Å². The first-order valence-electron chi connectivity index (χ1n) is 9.25. The van der Waals surface area contributed by atoms with Gasteiger partial charge >= 0.3 is 0 Å². The van der Waals surface area contributed by atoms with Crippen molar-refractivity contribution in [3.8, 4) is 10.7 Å². The van der Waals surface area contributed by atoms with E-state index in [0.717, 1.165) is 16.1 Å². The van der Waals surface area contributed by atoms with Crippen LogP contribution in [0.5, 0.6) is 0 Å². The van der Waals surface area contributed by atoms with Crippen LogP contribution in [0, 0.1) is 6.92 Å². The van der Waals surface area contributed by atoms with Gasteiger partial charge in [-0.05, 0) is 36.9 Å². The molecule has 2 N–H and O–H groups in total. The highest BCUT2D eigenvalue weighted by atomic mass is 32.2. The third-order valence-corrected chi connectivity index (χ3v) is 6.21. The number of aromatic nitrogens is 3. The molecule has 3 rings (SSSR count). The first-order valence-corrected chi connectivity index (χ1v) is 11.1. The topological polar surface area (TPSA) is 94.1 Å². The van der Waals surface area contributed by atoms with Gasteiger partial charge in [0.05, 0.1) is 10.6 Å². The number of nitrogens with two attached hydrogens (primary N) is 1. The van der Waals surface area contributed by atoms with Gasteiger partial charge in [0.25, 0.3) is 0 Å². The smallest absolute Gasteiger partial charge is 0.237 e. The van der Waals surface area contributed by atoms with Crippen LogP contribution in [0.25, 0.3) is 10.7 Å². The number of hydrogen-bond acceptors (Lipinski definition) is 6. The van der Waals surface area contributed by atoms with Gasteiger partial charge in [-0.3, -0.25) is 9.59 Å². The maximum absolute atomic E-state index is 12.9. The summed E-state index contributed by atoms with van der Waals surface area (Å²) in [6.45, 7) is 4.91. The fourth-order valence-corrected chi connectivity index (χ4v) is 4.52. The molecule has 0 atom stereocenters. The molecular weight excluding hydrogens is 406 g/mol. The monoisotopic (exact) mass is 429 g/mol. The summed E-state index contributed by atoms with van der Waals surface area (Å²) in [4.78, 5) is 26.9. The zero-order chi connectivity index (χ0) is 20.8. The Balaban J connectivity index is 1.78. The number of benzene rings is 1. The third kappa shape index (κ3) is 5.04. The predicted octanol–water partition coefficient (Wildman–Crippen LogP) is 3.34. The van der Waals surface area contributed by atoms with Crippen molar-refractivity contribution in [2.75, 3.05) is 17.2 Å². The Morgan fingerprint density at radius 2 is 2.00 bits per heavy atom. The molecule has 0 saturated carbocycles.